The van der Waals surface area contributed by atoms with Crippen LogP contribution in [0.25, 0.3) is 11.1 Å². The fourth-order valence-corrected chi connectivity index (χ4v) is 7.69. The number of rotatable bonds is 9. The Morgan fingerprint density at radius 3 is 2.36 bits per heavy atom. The molecule has 3 aliphatic rings. The van der Waals surface area contributed by atoms with Gasteiger partial charge in [0.1, 0.15) is 5.82 Å². The molecule has 0 amide bonds. The van der Waals surface area contributed by atoms with Crippen molar-refractivity contribution in [1.29, 1.82) is 0 Å². The molecule has 2 fully saturated rings. The van der Waals surface area contributed by atoms with Crippen molar-refractivity contribution in [3.05, 3.63) is 81.4 Å². The number of anilines is 1. The fraction of sp³-hybridized carbons (Fsp3) is 0.561. The van der Waals surface area contributed by atoms with E-state index >= 15 is 0 Å². The normalized spacial score (nSPS) is 19.3. The van der Waals surface area contributed by atoms with Crippen LogP contribution in [0, 0.1) is 25.1 Å². The maximum atomic E-state index is 13.8. The Morgan fingerprint density at radius 2 is 1.70 bits per heavy atom. The van der Waals surface area contributed by atoms with Crippen LogP contribution in [0.2, 0.25) is 0 Å². The number of carboxylic acid groups (broad SMARTS) is 1. The number of fused-ring (bicyclic) bond motifs is 1. The van der Waals surface area contributed by atoms with Crippen molar-refractivity contribution in [2.75, 3.05) is 50.8 Å². The van der Waals surface area contributed by atoms with Crippen LogP contribution in [0.5, 0.6) is 0 Å². The van der Waals surface area contributed by atoms with Crippen LogP contribution in [0.3, 0.4) is 0 Å². The molecule has 0 unspecified atom stereocenters. The van der Waals surface area contributed by atoms with E-state index in [9.17, 15) is 14.3 Å². The second-order valence-electron chi connectivity index (χ2n) is 16.3. The fourth-order valence-electron chi connectivity index (χ4n) is 7.69. The Hall–Kier alpha value is -3.37. The van der Waals surface area contributed by atoms with Gasteiger partial charge in [-0.1, -0.05) is 38.1 Å². The first kappa shape index (κ1) is 36.4. The lowest BCUT2D eigenvalue weighted by Crippen LogP contribution is -2.40. The Bertz CT molecular complexity index is 1700. The number of aromatic nitrogens is 1. The summed E-state index contributed by atoms with van der Waals surface area (Å²) in [5, 5.41) is 10.7. The molecule has 0 saturated carbocycles. The van der Waals surface area contributed by atoms with E-state index in [2.05, 4.69) is 46.7 Å². The highest BCUT2D eigenvalue weighted by Crippen LogP contribution is 2.46. The number of carboxylic acids is 1. The zero-order valence-electron chi connectivity index (χ0n) is 31.1. The van der Waals surface area contributed by atoms with E-state index in [0.717, 1.165) is 98.7 Å². The van der Waals surface area contributed by atoms with Gasteiger partial charge in [0.15, 0.2) is 6.10 Å². The lowest BCUT2D eigenvalue weighted by Gasteiger charge is -2.41. The summed E-state index contributed by atoms with van der Waals surface area (Å²) in [4.78, 5) is 25.6. The zero-order valence-corrected chi connectivity index (χ0v) is 31.1. The summed E-state index contributed by atoms with van der Waals surface area (Å²) in [7, 11) is 0. The van der Waals surface area contributed by atoms with Crippen LogP contribution in [-0.4, -0.2) is 77.4 Å². The number of pyridine rings is 1. The second kappa shape index (κ2) is 14.7. The number of nitrogens with zero attached hydrogens (tertiary/aromatic N) is 4. The first-order valence-electron chi connectivity index (χ1n) is 18.3. The van der Waals surface area contributed by atoms with Crippen molar-refractivity contribution in [3.63, 3.8) is 0 Å². The third-order valence-corrected chi connectivity index (χ3v) is 10.6. The molecule has 1 N–H and O–H groups in total. The number of benzene rings is 2. The highest BCUT2D eigenvalue weighted by atomic mass is 19.1. The lowest BCUT2D eigenvalue weighted by molar-refractivity contribution is -0.160. The number of aliphatic carboxylic acids is 1. The van der Waals surface area contributed by atoms with Crippen LogP contribution in [0.15, 0.2) is 36.4 Å². The minimum absolute atomic E-state index is 0.197. The van der Waals surface area contributed by atoms with Crippen LogP contribution < -0.4 is 4.90 Å². The van der Waals surface area contributed by atoms with E-state index in [4.69, 9.17) is 14.5 Å². The topological polar surface area (TPSA) is 78.4 Å². The Balaban J connectivity index is 1.46. The first-order chi connectivity index (χ1) is 23.7. The number of morpholine rings is 1. The molecule has 6 rings (SSSR count). The van der Waals surface area contributed by atoms with Gasteiger partial charge in [-0.15, -0.1) is 0 Å². The zero-order chi connectivity index (χ0) is 35.8. The molecule has 0 aliphatic carbocycles. The molecule has 50 heavy (non-hydrogen) atoms. The van der Waals surface area contributed by atoms with E-state index in [1.54, 1.807) is 12.1 Å². The molecule has 0 bridgehead atoms. The Morgan fingerprint density at radius 1 is 0.980 bits per heavy atom. The van der Waals surface area contributed by atoms with Gasteiger partial charge in [-0.2, -0.15) is 0 Å². The van der Waals surface area contributed by atoms with E-state index in [1.165, 1.54) is 11.1 Å². The van der Waals surface area contributed by atoms with Crippen molar-refractivity contribution in [2.45, 2.75) is 99.1 Å². The van der Waals surface area contributed by atoms with Gasteiger partial charge in [-0.05, 0) is 99.2 Å². The molecule has 2 saturated heterocycles. The second-order valence-corrected chi connectivity index (χ2v) is 16.3. The number of carbonyl (C=O) groups is 1. The number of halogens is 1. The summed E-state index contributed by atoms with van der Waals surface area (Å²) in [6.07, 6.45) is 1.76. The molecule has 2 aromatic carbocycles. The van der Waals surface area contributed by atoms with Gasteiger partial charge < -0.3 is 19.5 Å². The highest BCUT2D eigenvalue weighted by molar-refractivity contribution is 5.88. The smallest absolute Gasteiger partial charge is 0.337 e. The molecule has 8 nitrogen and oxygen atoms in total. The van der Waals surface area contributed by atoms with Gasteiger partial charge in [0.2, 0.25) is 0 Å². The summed E-state index contributed by atoms with van der Waals surface area (Å²) >= 11 is 0. The van der Waals surface area contributed by atoms with Gasteiger partial charge in [0.25, 0.3) is 0 Å². The van der Waals surface area contributed by atoms with Crippen molar-refractivity contribution in [1.82, 2.24) is 14.8 Å². The molecule has 270 valence electrons. The van der Waals surface area contributed by atoms with Crippen molar-refractivity contribution < 1.29 is 23.8 Å². The predicted molar refractivity (Wildman–Crippen MR) is 196 cm³/mol. The molecule has 1 atom stereocenters. The van der Waals surface area contributed by atoms with Crippen LogP contribution in [0.4, 0.5) is 10.1 Å². The molecular formula is C41H55FN4O4. The van der Waals surface area contributed by atoms with E-state index in [-0.39, 0.29) is 11.2 Å². The number of piperidine rings is 1. The van der Waals surface area contributed by atoms with Crippen LogP contribution in [-0.2, 0) is 40.3 Å². The predicted octanol–water partition coefficient (Wildman–Crippen LogP) is 7.46. The average Bonchev–Trinajstić information content (AvgIpc) is 3.05. The Labute approximate surface area is 297 Å². The SMILES string of the molecule is Cc1cc(F)ccc1CN1CCc2cc(-c3c(CN4CCOCC4)nc(C)c([C@H](OC(C)(C)C)C(=O)O)c3N3CCC(C)(C)CC3)ccc2C1. The molecule has 0 radical (unpaired) electrons. The van der Waals surface area contributed by atoms with Crippen LogP contribution >= 0.6 is 0 Å². The van der Waals surface area contributed by atoms with Gasteiger partial charge in [-0.25, -0.2) is 9.18 Å². The molecular weight excluding hydrogens is 631 g/mol. The molecule has 3 aromatic rings. The maximum absolute atomic E-state index is 13.8. The lowest BCUT2D eigenvalue weighted by atomic mass is 9.81. The van der Waals surface area contributed by atoms with Gasteiger partial charge >= 0.3 is 5.97 Å². The van der Waals surface area contributed by atoms with E-state index in [0.29, 0.717) is 31.0 Å². The molecule has 0 spiro atoms. The van der Waals surface area contributed by atoms with Crippen molar-refractivity contribution in [3.8, 4) is 11.1 Å². The minimum atomic E-state index is -1.16. The third kappa shape index (κ3) is 8.39. The van der Waals surface area contributed by atoms with Crippen molar-refractivity contribution in [2.24, 2.45) is 5.41 Å². The van der Waals surface area contributed by atoms with E-state index < -0.39 is 17.7 Å². The number of hydrogen-bond donors (Lipinski definition) is 1. The summed E-state index contributed by atoms with van der Waals surface area (Å²) < 4.78 is 25.8. The average molecular weight is 687 g/mol. The quantitative estimate of drug-likeness (QED) is 0.249. The summed E-state index contributed by atoms with van der Waals surface area (Å²) in [5.74, 6) is -1.20. The maximum Gasteiger partial charge on any atom is 0.337 e. The summed E-state index contributed by atoms with van der Waals surface area (Å²) in [6, 6.07) is 11.8. The largest absolute Gasteiger partial charge is 0.479 e. The number of hydrogen-bond acceptors (Lipinski definition) is 7. The molecule has 3 aliphatic heterocycles. The molecule has 1 aromatic heterocycles. The van der Waals surface area contributed by atoms with Crippen molar-refractivity contribution >= 4 is 11.7 Å². The minimum Gasteiger partial charge on any atom is -0.479 e. The van der Waals surface area contributed by atoms with Gasteiger partial charge in [-0.3, -0.25) is 14.8 Å². The number of ether oxygens (including phenoxy) is 2. The van der Waals surface area contributed by atoms with Crippen LogP contribution in [0.1, 0.15) is 92.8 Å². The number of aryl methyl sites for hydroxylation is 2. The van der Waals surface area contributed by atoms with E-state index in [1.807, 2.05) is 40.7 Å². The standard InChI is InChI=1S/C41H55FN4O4/c1-27-22-33(42)11-10-31(27)24-45-15-12-29-23-30(8-9-32(29)25-45)36-34(26-44-18-20-49-21-19-44)43-28(2)35(38(39(47)48)50-40(3,4)5)37(36)46-16-13-41(6,7)14-17-46/h8-11,22-23,38H,12-21,24-26H2,1-7H3,(H,47,48)/t38-/m0/s1. The Kier molecular flexibility index (Phi) is 10.7. The van der Waals surface area contributed by atoms with Gasteiger partial charge in [0, 0.05) is 69.2 Å². The summed E-state index contributed by atoms with van der Waals surface area (Å²) in [5.41, 5.74) is 9.65. The first-order valence-corrected chi connectivity index (χ1v) is 18.3. The third-order valence-electron chi connectivity index (χ3n) is 10.6. The molecule has 4 heterocycles. The monoisotopic (exact) mass is 686 g/mol. The molecule has 9 heteroatoms. The summed E-state index contributed by atoms with van der Waals surface area (Å²) in [6.45, 7) is 22.1. The van der Waals surface area contributed by atoms with Gasteiger partial charge in [0.05, 0.1) is 30.2 Å². The highest BCUT2D eigenvalue weighted by Gasteiger charge is 2.37.